The second kappa shape index (κ2) is 5.71. The molecule has 0 aliphatic heterocycles. The molecule has 2 aromatic rings. The minimum absolute atomic E-state index is 0.283. The van der Waals surface area contributed by atoms with Gasteiger partial charge in [0.25, 0.3) is 0 Å². The van der Waals surface area contributed by atoms with Crippen molar-refractivity contribution in [3.8, 4) is 0 Å². The van der Waals surface area contributed by atoms with Crippen molar-refractivity contribution in [3.63, 3.8) is 0 Å². The molecule has 0 aliphatic rings. The molecule has 0 saturated carbocycles. The normalized spacial score (nSPS) is 12.4. The van der Waals surface area contributed by atoms with Gasteiger partial charge < -0.3 is 0 Å². The molecule has 0 fully saturated rings. The van der Waals surface area contributed by atoms with Crippen molar-refractivity contribution in [1.82, 2.24) is 5.43 Å². The van der Waals surface area contributed by atoms with E-state index in [-0.39, 0.29) is 17.7 Å². The smallest absolute Gasteiger partial charge is 0.126 e. The zero-order chi connectivity index (χ0) is 13.0. The van der Waals surface area contributed by atoms with E-state index in [0.717, 1.165) is 0 Å². The Morgan fingerprint density at radius 2 is 1.83 bits per heavy atom. The average Bonchev–Trinajstić information content (AvgIpc) is 2.38. The molecule has 0 aromatic heterocycles. The molecule has 0 saturated heterocycles. The first-order valence-electron chi connectivity index (χ1n) is 5.65. The molecule has 0 radical (unpaired) electrons. The molecule has 18 heavy (non-hydrogen) atoms. The van der Waals surface area contributed by atoms with Crippen molar-refractivity contribution in [2.75, 3.05) is 0 Å². The van der Waals surface area contributed by atoms with Crippen LogP contribution in [0.5, 0.6) is 0 Å². The van der Waals surface area contributed by atoms with E-state index in [1.807, 2.05) is 0 Å². The summed E-state index contributed by atoms with van der Waals surface area (Å²) in [5.74, 6) is 4.84. The maximum atomic E-state index is 13.5. The summed E-state index contributed by atoms with van der Waals surface area (Å²) in [6, 6.07) is 12.3. The maximum Gasteiger partial charge on any atom is 0.126 e. The van der Waals surface area contributed by atoms with E-state index in [9.17, 15) is 8.78 Å². The molecule has 1 unspecified atom stereocenters. The second-order valence-electron chi connectivity index (χ2n) is 4.07. The van der Waals surface area contributed by atoms with Gasteiger partial charge in [0.15, 0.2) is 0 Å². The summed E-state index contributed by atoms with van der Waals surface area (Å²) >= 11 is 0. The van der Waals surface area contributed by atoms with E-state index >= 15 is 0 Å². The van der Waals surface area contributed by atoms with E-state index < -0.39 is 0 Å². The third-order valence-electron chi connectivity index (χ3n) is 2.83. The topological polar surface area (TPSA) is 38.0 Å². The van der Waals surface area contributed by atoms with Gasteiger partial charge in [-0.15, -0.1) is 0 Å². The molecule has 0 spiro atoms. The lowest BCUT2D eigenvalue weighted by atomic mass is 9.99. The molecule has 0 bridgehead atoms. The summed E-state index contributed by atoms with van der Waals surface area (Å²) < 4.78 is 26.7. The van der Waals surface area contributed by atoms with Gasteiger partial charge in [-0.2, -0.15) is 0 Å². The Morgan fingerprint density at radius 1 is 1.06 bits per heavy atom. The number of benzene rings is 2. The Morgan fingerprint density at radius 3 is 2.50 bits per heavy atom. The first kappa shape index (κ1) is 12.7. The predicted molar refractivity (Wildman–Crippen MR) is 66.6 cm³/mol. The number of halogens is 2. The molecule has 2 nitrogen and oxygen atoms in total. The molecule has 0 heterocycles. The Hall–Kier alpha value is -1.78. The van der Waals surface area contributed by atoms with Crippen LogP contribution in [0.3, 0.4) is 0 Å². The molecule has 0 amide bonds. The van der Waals surface area contributed by atoms with Gasteiger partial charge >= 0.3 is 0 Å². The fourth-order valence-corrected chi connectivity index (χ4v) is 1.88. The van der Waals surface area contributed by atoms with Crippen LogP contribution in [0, 0.1) is 11.6 Å². The van der Waals surface area contributed by atoms with Gasteiger partial charge in [0, 0.05) is 0 Å². The maximum absolute atomic E-state index is 13.5. The van der Waals surface area contributed by atoms with Crippen molar-refractivity contribution >= 4 is 0 Å². The van der Waals surface area contributed by atoms with E-state index in [4.69, 9.17) is 5.84 Å². The Labute approximate surface area is 104 Å². The zero-order valence-electron chi connectivity index (χ0n) is 9.74. The summed E-state index contributed by atoms with van der Waals surface area (Å²) in [7, 11) is 0. The standard InChI is InChI=1S/C14H14F2N2/c15-12-6-3-5-11(8-12)14(18-17)9-10-4-1-2-7-13(10)16/h1-8,14,18H,9,17H2. The number of nitrogens with one attached hydrogen (secondary N) is 1. The molecule has 0 aliphatic carbocycles. The third kappa shape index (κ3) is 2.91. The summed E-state index contributed by atoms with van der Waals surface area (Å²) in [4.78, 5) is 0. The highest BCUT2D eigenvalue weighted by molar-refractivity contribution is 5.25. The van der Waals surface area contributed by atoms with Gasteiger partial charge in [0.1, 0.15) is 11.6 Å². The molecule has 4 heteroatoms. The van der Waals surface area contributed by atoms with Crippen LogP contribution in [-0.2, 0) is 6.42 Å². The van der Waals surface area contributed by atoms with Gasteiger partial charge in [-0.05, 0) is 35.7 Å². The first-order valence-corrected chi connectivity index (χ1v) is 5.65. The zero-order valence-corrected chi connectivity index (χ0v) is 9.74. The number of nitrogens with two attached hydrogens (primary N) is 1. The van der Waals surface area contributed by atoms with Crippen molar-refractivity contribution in [2.24, 2.45) is 5.84 Å². The third-order valence-corrected chi connectivity index (χ3v) is 2.83. The lowest BCUT2D eigenvalue weighted by Gasteiger charge is -2.16. The van der Waals surface area contributed by atoms with Crippen LogP contribution in [-0.4, -0.2) is 0 Å². The summed E-state index contributed by atoms with van der Waals surface area (Å²) in [6.07, 6.45) is 0.368. The van der Waals surface area contributed by atoms with E-state index in [1.54, 1.807) is 30.3 Å². The minimum atomic E-state index is -0.332. The molecule has 1 atom stereocenters. The highest BCUT2D eigenvalue weighted by Crippen LogP contribution is 2.20. The second-order valence-corrected chi connectivity index (χ2v) is 4.07. The SMILES string of the molecule is NNC(Cc1ccccc1F)c1cccc(F)c1. The fourth-order valence-electron chi connectivity index (χ4n) is 1.88. The van der Waals surface area contributed by atoms with Crippen LogP contribution in [0.25, 0.3) is 0 Å². The van der Waals surface area contributed by atoms with E-state index in [2.05, 4.69) is 5.43 Å². The van der Waals surface area contributed by atoms with Crippen LogP contribution in [0.1, 0.15) is 17.2 Å². The average molecular weight is 248 g/mol. The Balaban J connectivity index is 2.23. The van der Waals surface area contributed by atoms with E-state index in [0.29, 0.717) is 17.5 Å². The van der Waals surface area contributed by atoms with E-state index in [1.165, 1.54) is 18.2 Å². The van der Waals surface area contributed by atoms with Crippen LogP contribution in [0.2, 0.25) is 0 Å². The molecular formula is C14H14F2N2. The molecule has 3 N–H and O–H groups in total. The monoisotopic (exact) mass is 248 g/mol. The highest BCUT2D eigenvalue weighted by Gasteiger charge is 2.13. The highest BCUT2D eigenvalue weighted by atomic mass is 19.1. The first-order chi connectivity index (χ1) is 8.70. The van der Waals surface area contributed by atoms with Gasteiger partial charge in [-0.1, -0.05) is 30.3 Å². The van der Waals surface area contributed by atoms with Crippen LogP contribution in [0.4, 0.5) is 8.78 Å². The lowest BCUT2D eigenvalue weighted by molar-refractivity contribution is 0.524. The summed E-state index contributed by atoms with van der Waals surface area (Å²) in [6.45, 7) is 0. The molecular weight excluding hydrogens is 234 g/mol. The van der Waals surface area contributed by atoms with Crippen LogP contribution < -0.4 is 11.3 Å². The number of hydrazine groups is 1. The van der Waals surface area contributed by atoms with Gasteiger partial charge in [0.05, 0.1) is 6.04 Å². The largest absolute Gasteiger partial charge is 0.271 e. The van der Waals surface area contributed by atoms with Crippen molar-refractivity contribution in [3.05, 3.63) is 71.3 Å². The van der Waals surface area contributed by atoms with Crippen molar-refractivity contribution in [1.29, 1.82) is 0 Å². The quantitative estimate of drug-likeness (QED) is 0.645. The molecule has 2 rings (SSSR count). The predicted octanol–water partition coefficient (Wildman–Crippen LogP) is 2.71. The van der Waals surface area contributed by atoms with Crippen molar-refractivity contribution in [2.45, 2.75) is 12.5 Å². The van der Waals surface area contributed by atoms with Crippen LogP contribution in [0.15, 0.2) is 48.5 Å². The van der Waals surface area contributed by atoms with Gasteiger partial charge in [0.2, 0.25) is 0 Å². The number of hydrogen-bond donors (Lipinski definition) is 2. The Bertz CT molecular complexity index is 529. The molecule has 94 valence electrons. The molecule has 2 aromatic carbocycles. The fraction of sp³-hybridized carbons (Fsp3) is 0.143. The number of hydrogen-bond acceptors (Lipinski definition) is 2. The number of rotatable bonds is 4. The van der Waals surface area contributed by atoms with Crippen molar-refractivity contribution < 1.29 is 8.78 Å². The summed E-state index contributed by atoms with van der Waals surface area (Å²) in [5.41, 5.74) is 3.83. The van der Waals surface area contributed by atoms with Crippen LogP contribution >= 0.6 is 0 Å². The minimum Gasteiger partial charge on any atom is -0.271 e. The lowest BCUT2D eigenvalue weighted by Crippen LogP contribution is -2.29. The van der Waals surface area contributed by atoms with Gasteiger partial charge in [-0.3, -0.25) is 11.3 Å². The summed E-state index contributed by atoms with van der Waals surface area (Å²) in [5, 5.41) is 0. The Kier molecular flexibility index (Phi) is 4.02. The van der Waals surface area contributed by atoms with Gasteiger partial charge in [-0.25, -0.2) is 8.78 Å².